The molecule has 0 N–H and O–H groups in total. The molecular formula is C17H16O2S. The Kier molecular flexibility index (Phi) is 3.45. The zero-order valence-corrected chi connectivity index (χ0v) is 11.8. The molecular weight excluding hydrogens is 268 g/mol. The third kappa shape index (κ3) is 2.68. The molecule has 0 saturated heterocycles. The van der Waals surface area contributed by atoms with Gasteiger partial charge in [-0.15, -0.1) is 0 Å². The van der Waals surface area contributed by atoms with Crippen LogP contribution in [0.15, 0.2) is 83.3 Å². The van der Waals surface area contributed by atoms with Crippen LogP contribution in [0.1, 0.15) is 0 Å². The van der Waals surface area contributed by atoms with Gasteiger partial charge in [-0.25, -0.2) is 8.42 Å². The summed E-state index contributed by atoms with van der Waals surface area (Å²) >= 11 is 0. The van der Waals surface area contributed by atoms with Gasteiger partial charge >= 0.3 is 0 Å². The Morgan fingerprint density at radius 1 is 0.900 bits per heavy atom. The fraction of sp³-hybridized carbons (Fsp3) is 0.176. The second kappa shape index (κ2) is 5.25. The summed E-state index contributed by atoms with van der Waals surface area (Å²) in [6.07, 6.45) is 14.4. The molecule has 2 nitrogen and oxygen atoms in total. The summed E-state index contributed by atoms with van der Waals surface area (Å²) in [5, 5.41) is 0. The van der Waals surface area contributed by atoms with Crippen LogP contribution in [0.25, 0.3) is 0 Å². The van der Waals surface area contributed by atoms with Crippen molar-refractivity contribution in [1.82, 2.24) is 0 Å². The number of hydrogen-bond acceptors (Lipinski definition) is 2. The molecule has 0 spiro atoms. The van der Waals surface area contributed by atoms with Crippen LogP contribution >= 0.6 is 0 Å². The number of fused-ring (bicyclic) bond motifs is 1. The van der Waals surface area contributed by atoms with Crippen molar-refractivity contribution in [3.63, 3.8) is 0 Å². The molecule has 0 aromatic heterocycles. The van der Waals surface area contributed by atoms with Gasteiger partial charge in [0.15, 0.2) is 9.84 Å². The standard InChI is InChI=1S/C17H16O2S/c18-20(19,17-8-2-1-3-9-17)13-16-12-14-6-4-5-7-15(16)11-10-14/h1-12,14-15H,13H2/b6-4-,7-5-/t14-,15+/m0/s1. The highest BCUT2D eigenvalue weighted by molar-refractivity contribution is 7.91. The predicted octanol–water partition coefficient (Wildman–Crippen LogP) is 3.31. The van der Waals surface area contributed by atoms with Gasteiger partial charge in [-0.1, -0.05) is 60.7 Å². The van der Waals surface area contributed by atoms with E-state index in [0.717, 1.165) is 5.57 Å². The third-order valence-electron chi connectivity index (χ3n) is 3.60. The van der Waals surface area contributed by atoms with Gasteiger partial charge in [0.1, 0.15) is 0 Å². The molecule has 102 valence electrons. The molecule has 0 aliphatic heterocycles. The minimum Gasteiger partial charge on any atom is -0.223 e. The summed E-state index contributed by atoms with van der Waals surface area (Å²) in [4.78, 5) is 0.391. The number of benzene rings is 1. The molecule has 0 amide bonds. The molecule has 2 atom stereocenters. The Balaban J connectivity index is 1.91. The molecule has 3 aliphatic rings. The lowest BCUT2D eigenvalue weighted by atomic mass is 9.87. The van der Waals surface area contributed by atoms with Crippen LogP contribution in [-0.4, -0.2) is 14.2 Å². The number of rotatable bonds is 3. The zero-order valence-electron chi connectivity index (χ0n) is 11.0. The second-order valence-electron chi connectivity index (χ2n) is 5.07. The molecule has 0 radical (unpaired) electrons. The maximum atomic E-state index is 12.5. The van der Waals surface area contributed by atoms with Crippen LogP contribution < -0.4 is 0 Å². The lowest BCUT2D eigenvalue weighted by Gasteiger charge is -2.21. The van der Waals surface area contributed by atoms with Gasteiger partial charge in [-0.2, -0.15) is 0 Å². The smallest absolute Gasteiger partial charge is 0.182 e. The van der Waals surface area contributed by atoms with Gasteiger partial charge in [-0.3, -0.25) is 0 Å². The van der Waals surface area contributed by atoms with E-state index in [1.54, 1.807) is 24.3 Å². The van der Waals surface area contributed by atoms with Crippen LogP contribution in [0.3, 0.4) is 0 Å². The van der Waals surface area contributed by atoms with Crippen LogP contribution in [0, 0.1) is 11.8 Å². The maximum Gasteiger partial charge on any atom is 0.182 e. The lowest BCUT2D eigenvalue weighted by molar-refractivity contribution is 0.596. The maximum absolute atomic E-state index is 12.5. The fourth-order valence-electron chi connectivity index (χ4n) is 2.54. The average Bonchev–Trinajstić information content (AvgIpc) is 2.41. The number of allylic oxidation sites excluding steroid dienone is 7. The summed E-state index contributed by atoms with van der Waals surface area (Å²) < 4.78 is 24.9. The first kappa shape index (κ1) is 13.1. The molecule has 0 saturated carbocycles. The molecule has 0 unspecified atom stereocenters. The van der Waals surface area contributed by atoms with E-state index in [9.17, 15) is 8.42 Å². The largest absolute Gasteiger partial charge is 0.223 e. The molecule has 20 heavy (non-hydrogen) atoms. The fourth-order valence-corrected chi connectivity index (χ4v) is 4.01. The zero-order chi connectivity index (χ0) is 14.0. The first-order chi connectivity index (χ1) is 9.65. The van der Waals surface area contributed by atoms with Crippen LogP contribution in [0.2, 0.25) is 0 Å². The van der Waals surface area contributed by atoms with Crippen molar-refractivity contribution >= 4 is 9.84 Å². The molecule has 0 fully saturated rings. The third-order valence-corrected chi connectivity index (χ3v) is 5.30. The summed E-state index contributed by atoms with van der Waals surface area (Å²) in [6.45, 7) is 0. The highest BCUT2D eigenvalue weighted by atomic mass is 32.2. The van der Waals surface area contributed by atoms with Crippen molar-refractivity contribution in [2.45, 2.75) is 4.90 Å². The monoisotopic (exact) mass is 284 g/mol. The Bertz CT molecular complexity index is 707. The first-order valence-electron chi connectivity index (χ1n) is 6.67. The number of sulfone groups is 1. The summed E-state index contributed by atoms with van der Waals surface area (Å²) in [5.74, 6) is 0.382. The highest BCUT2D eigenvalue weighted by Gasteiger charge is 2.23. The average molecular weight is 284 g/mol. The SMILES string of the molecule is O=S(=O)(CC1=C[C@@H]2C=C[C@H]1/C=C\C=C/2)c1ccccc1. The molecule has 1 aromatic carbocycles. The van der Waals surface area contributed by atoms with Gasteiger partial charge < -0.3 is 0 Å². The van der Waals surface area contributed by atoms with E-state index in [0.29, 0.717) is 4.90 Å². The van der Waals surface area contributed by atoms with Crippen molar-refractivity contribution in [2.24, 2.45) is 11.8 Å². The van der Waals surface area contributed by atoms with Crippen molar-refractivity contribution < 1.29 is 8.42 Å². The van der Waals surface area contributed by atoms with Crippen molar-refractivity contribution in [3.05, 3.63) is 78.4 Å². The van der Waals surface area contributed by atoms with E-state index in [-0.39, 0.29) is 17.6 Å². The Hall–Kier alpha value is -1.87. The lowest BCUT2D eigenvalue weighted by Crippen LogP contribution is -2.17. The highest BCUT2D eigenvalue weighted by Crippen LogP contribution is 2.28. The molecule has 4 rings (SSSR count). The Morgan fingerprint density at radius 2 is 1.65 bits per heavy atom. The molecule has 3 heteroatoms. The van der Waals surface area contributed by atoms with Gasteiger partial charge in [0.2, 0.25) is 0 Å². The van der Waals surface area contributed by atoms with Gasteiger partial charge in [0, 0.05) is 11.8 Å². The Morgan fingerprint density at radius 3 is 2.45 bits per heavy atom. The van der Waals surface area contributed by atoms with Crippen LogP contribution in [0.4, 0.5) is 0 Å². The molecule has 3 aliphatic carbocycles. The quantitative estimate of drug-likeness (QED) is 0.798. The van der Waals surface area contributed by atoms with E-state index in [2.05, 4.69) is 24.3 Å². The van der Waals surface area contributed by atoms with E-state index in [1.165, 1.54) is 0 Å². The van der Waals surface area contributed by atoms with Crippen LogP contribution in [-0.2, 0) is 9.84 Å². The van der Waals surface area contributed by atoms with E-state index < -0.39 is 9.84 Å². The molecule has 0 heterocycles. The van der Waals surface area contributed by atoms with Gasteiger partial charge in [-0.05, 0) is 17.7 Å². The van der Waals surface area contributed by atoms with Gasteiger partial charge in [0.25, 0.3) is 0 Å². The summed E-state index contributed by atoms with van der Waals surface area (Å²) in [6, 6.07) is 8.65. The normalized spacial score (nSPS) is 27.5. The van der Waals surface area contributed by atoms with Crippen molar-refractivity contribution in [3.8, 4) is 0 Å². The minimum atomic E-state index is -3.27. The van der Waals surface area contributed by atoms with Gasteiger partial charge in [0.05, 0.1) is 10.6 Å². The first-order valence-corrected chi connectivity index (χ1v) is 8.32. The summed E-state index contributed by atoms with van der Waals surface area (Å²) in [7, 11) is -3.27. The molecule has 2 bridgehead atoms. The topological polar surface area (TPSA) is 34.1 Å². The number of hydrogen-bond donors (Lipinski definition) is 0. The predicted molar refractivity (Wildman–Crippen MR) is 81.0 cm³/mol. The van der Waals surface area contributed by atoms with E-state index >= 15 is 0 Å². The van der Waals surface area contributed by atoms with Crippen molar-refractivity contribution in [1.29, 1.82) is 0 Å². The summed E-state index contributed by atoms with van der Waals surface area (Å²) in [5.41, 5.74) is 0.960. The Labute approximate surface area is 119 Å². The van der Waals surface area contributed by atoms with E-state index in [1.807, 2.05) is 24.3 Å². The molecule has 1 aromatic rings. The minimum absolute atomic E-state index is 0.0840. The van der Waals surface area contributed by atoms with Crippen molar-refractivity contribution in [2.75, 3.05) is 5.75 Å². The van der Waals surface area contributed by atoms with Crippen LogP contribution in [0.5, 0.6) is 0 Å². The second-order valence-corrected chi connectivity index (χ2v) is 7.06. The van der Waals surface area contributed by atoms with E-state index in [4.69, 9.17) is 0 Å².